The Morgan fingerprint density at radius 2 is 0.750 bits per heavy atom. The van der Waals surface area contributed by atoms with Crippen LogP contribution in [0.25, 0.3) is 0 Å². The van der Waals surface area contributed by atoms with Gasteiger partial charge in [-0.25, -0.2) is 0 Å². The van der Waals surface area contributed by atoms with Crippen LogP contribution in [0.1, 0.15) is 153 Å². The minimum absolute atomic E-state index is 0.364. The van der Waals surface area contributed by atoms with E-state index < -0.39 is 6.13 Å². The fourth-order valence-corrected chi connectivity index (χ4v) is 10.5. The summed E-state index contributed by atoms with van der Waals surface area (Å²) in [6, 6.07) is 18.0. The SMILES string of the molecule is CCCCCCCCCCCCc1ccc(S(c2ccc(CCCCCCCCCCCC)cc2)=[P+](O)S)cc1. The summed E-state index contributed by atoms with van der Waals surface area (Å²) in [6.45, 7) is 4.57. The van der Waals surface area contributed by atoms with Gasteiger partial charge in [-0.2, -0.15) is 4.89 Å². The smallest absolute Gasteiger partial charge is 0.178 e. The molecule has 2 aromatic carbocycles. The van der Waals surface area contributed by atoms with E-state index >= 15 is 0 Å². The highest BCUT2D eigenvalue weighted by Gasteiger charge is 2.17. The molecule has 0 bridgehead atoms. The van der Waals surface area contributed by atoms with Gasteiger partial charge in [-0.15, -0.1) is 0 Å². The van der Waals surface area contributed by atoms with E-state index in [9.17, 15) is 4.89 Å². The monoisotopic (exact) mass is 603 g/mol. The third-order valence-corrected chi connectivity index (χ3v) is 13.6. The fourth-order valence-electron chi connectivity index (χ4n) is 5.53. The molecule has 40 heavy (non-hydrogen) atoms. The van der Waals surface area contributed by atoms with E-state index in [0.29, 0.717) is 0 Å². The fraction of sp³-hybridized carbons (Fsp3) is 0.667. The second kappa shape index (κ2) is 23.9. The van der Waals surface area contributed by atoms with Crippen molar-refractivity contribution in [2.75, 3.05) is 0 Å². The number of unbranched alkanes of at least 4 members (excludes halogenated alkanes) is 18. The normalized spacial score (nSPS) is 11.9. The molecule has 0 aliphatic carbocycles. The standard InChI is InChI=1S/C36H60OPS2/c1-3-5-7-9-11-13-15-17-19-21-23-33-25-29-35(30-26-33)40(38(37)39)36-31-27-34(28-32-36)24-22-20-18-16-14-12-10-8-6-4-2/h25-32,37,39H,3-24H2,1-2H3/q+1. The lowest BCUT2D eigenvalue weighted by Crippen LogP contribution is -1.94. The number of hydrogen-bond acceptors (Lipinski definition) is 0. The second-order valence-corrected chi connectivity index (χ2v) is 17.8. The molecule has 0 saturated carbocycles. The lowest BCUT2D eigenvalue weighted by Gasteiger charge is -2.08. The van der Waals surface area contributed by atoms with Gasteiger partial charge in [0.05, 0.1) is 10.1 Å². The first-order chi connectivity index (χ1) is 19.7. The zero-order valence-electron chi connectivity index (χ0n) is 25.9. The third kappa shape index (κ3) is 16.1. The molecule has 0 aromatic heterocycles. The molecule has 1 N–H and O–H groups in total. The van der Waals surface area contributed by atoms with Gasteiger partial charge in [-0.05, 0) is 61.1 Å². The molecule has 1 nitrogen and oxygen atoms in total. The Kier molecular flexibility index (Phi) is 21.3. The van der Waals surface area contributed by atoms with Crippen LogP contribution >= 0.6 is 18.4 Å². The van der Waals surface area contributed by atoms with Crippen molar-refractivity contribution in [1.29, 1.82) is 0 Å². The van der Waals surface area contributed by atoms with Gasteiger partial charge in [0.15, 0.2) is 0 Å². The van der Waals surface area contributed by atoms with Crippen LogP contribution < -0.4 is 0 Å². The maximum Gasteiger partial charge on any atom is 0.362 e. The maximum absolute atomic E-state index is 10.6. The minimum Gasteiger partial charge on any atom is -0.178 e. The molecule has 226 valence electrons. The number of rotatable bonds is 24. The van der Waals surface area contributed by atoms with Crippen molar-refractivity contribution < 1.29 is 4.89 Å². The highest BCUT2D eigenvalue weighted by atomic mass is 32.9. The number of benzene rings is 2. The molecule has 2 aromatic rings. The van der Waals surface area contributed by atoms with Gasteiger partial charge in [-0.3, -0.25) is 0 Å². The molecule has 0 saturated heterocycles. The lowest BCUT2D eigenvalue weighted by molar-refractivity contribution is 0.556. The van der Waals surface area contributed by atoms with E-state index in [0.717, 1.165) is 12.8 Å². The largest absolute Gasteiger partial charge is 0.362 e. The highest BCUT2D eigenvalue weighted by molar-refractivity contribution is 8.60. The van der Waals surface area contributed by atoms with Crippen molar-refractivity contribution in [3.8, 4) is 0 Å². The Labute approximate surface area is 257 Å². The molecule has 0 aliphatic heterocycles. The van der Waals surface area contributed by atoms with Gasteiger partial charge in [0.2, 0.25) is 0 Å². The van der Waals surface area contributed by atoms with Crippen molar-refractivity contribution in [2.24, 2.45) is 0 Å². The van der Waals surface area contributed by atoms with Crippen molar-refractivity contribution in [3.05, 3.63) is 59.7 Å². The van der Waals surface area contributed by atoms with Crippen LogP contribution in [-0.4, -0.2) is 4.89 Å². The summed E-state index contributed by atoms with van der Waals surface area (Å²) >= 11 is 4.54. The third-order valence-electron chi connectivity index (χ3n) is 8.09. The molecule has 4 heteroatoms. The van der Waals surface area contributed by atoms with Crippen LogP contribution in [0.2, 0.25) is 0 Å². The zero-order chi connectivity index (χ0) is 28.7. The molecule has 0 amide bonds. The molecular weight excluding hydrogens is 544 g/mol. The molecule has 1 unspecified atom stereocenters. The van der Waals surface area contributed by atoms with Crippen LogP contribution in [-0.2, 0) is 22.9 Å². The van der Waals surface area contributed by atoms with Gasteiger partial charge in [0.1, 0.15) is 12.2 Å². The summed E-state index contributed by atoms with van der Waals surface area (Å²) in [5.74, 6) is 0. The predicted molar refractivity (Wildman–Crippen MR) is 186 cm³/mol. The summed E-state index contributed by atoms with van der Waals surface area (Å²) < 4.78 is 0. The Bertz CT molecular complexity index is 834. The topological polar surface area (TPSA) is 20.2 Å². The molecule has 0 aliphatic rings. The Morgan fingerprint density at radius 1 is 0.475 bits per heavy atom. The van der Waals surface area contributed by atoms with Crippen molar-refractivity contribution in [3.63, 3.8) is 0 Å². The van der Waals surface area contributed by atoms with Crippen LogP contribution in [0.15, 0.2) is 58.3 Å². The van der Waals surface area contributed by atoms with E-state index in [1.54, 1.807) is 0 Å². The predicted octanol–water partition coefficient (Wildman–Crippen LogP) is 12.8. The van der Waals surface area contributed by atoms with Crippen molar-refractivity contribution in [1.82, 2.24) is 0 Å². The molecule has 0 heterocycles. The van der Waals surface area contributed by atoms with Gasteiger partial charge >= 0.3 is 6.13 Å². The average Bonchev–Trinajstić information content (AvgIpc) is 2.96. The van der Waals surface area contributed by atoms with Crippen LogP contribution in [0.4, 0.5) is 0 Å². The molecule has 0 spiro atoms. The lowest BCUT2D eigenvalue weighted by atomic mass is 10.0. The Balaban J connectivity index is 1.69. The summed E-state index contributed by atoms with van der Waals surface area (Å²) in [7, 11) is -0.364. The van der Waals surface area contributed by atoms with E-state index in [2.05, 4.69) is 74.6 Å². The summed E-state index contributed by atoms with van der Waals surface area (Å²) in [4.78, 5) is 13.0. The zero-order valence-corrected chi connectivity index (χ0v) is 28.5. The quantitative estimate of drug-likeness (QED) is 0.0695. The summed E-state index contributed by atoms with van der Waals surface area (Å²) in [5.41, 5.74) is 2.83. The first kappa shape index (κ1) is 35.6. The highest BCUT2D eigenvalue weighted by Crippen LogP contribution is 2.37. The molecule has 0 fully saturated rings. The maximum atomic E-state index is 10.6. The van der Waals surface area contributed by atoms with Gasteiger partial charge in [0.25, 0.3) is 0 Å². The molecular formula is C36H60OPS2+. The average molecular weight is 604 g/mol. The first-order valence-corrected chi connectivity index (χ1v) is 21.0. The van der Waals surface area contributed by atoms with E-state index in [-0.39, 0.29) is 10.1 Å². The number of aryl methyl sites for hydroxylation is 2. The van der Waals surface area contributed by atoms with E-state index in [1.165, 1.54) is 149 Å². The van der Waals surface area contributed by atoms with Gasteiger partial charge in [-0.1, -0.05) is 154 Å². The second-order valence-electron chi connectivity index (χ2n) is 11.7. The Morgan fingerprint density at radius 3 is 1.02 bits per heavy atom. The molecule has 2 rings (SSSR count). The summed E-state index contributed by atoms with van der Waals surface area (Å²) in [6.07, 6.45) is 28.6. The van der Waals surface area contributed by atoms with Crippen LogP contribution in [0, 0.1) is 0 Å². The van der Waals surface area contributed by atoms with Gasteiger partial charge < -0.3 is 0 Å². The van der Waals surface area contributed by atoms with Crippen molar-refractivity contribution >= 4 is 28.4 Å². The molecule has 1 atom stereocenters. The van der Waals surface area contributed by atoms with Crippen LogP contribution in [0.5, 0.6) is 0 Å². The van der Waals surface area contributed by atoms with Gasteiger partial charge in [0, 0.05) is 9.79 Å². The molecule has 0 radical (unpaired) electrons. The summed E-state index contributed by atoms with van der Waals surface area (Å²) in [5, 5.41) is 0. The van der Waals surface area contributed by atoms with Crippen LogP contribution in [0.3, 0.4) is 0 Å². The van der Waals surface area contributed by atoms with Crippen molar-refractivity contribution in [2.45, 2.75) is 165 Å². The number of hydrogen-bond donors (Lipinski definition) is 2. The minimum atomic E-state index is -1.36. The first-order valence-electron chi connectivity index (χ1n) is 16.8. The Hall–Kier alpha value is -0.600. The van der Waals surface area contributed by atoms with E-state index in [4.69, 9.17) is 0 Å². The number of thiol groups is 1. The van der Waals surface area contributed by atoms with E-state index in [1.807, 2.05) is 0 Å².